The molecule has 3 aromatic carbocycles. The van der Waals surface area contributed by atoms with Gasteiger partial charge in [-0.25, -0.2) is 9.07 Å². The maximum Gasteiger partial charge on any atom is 0.257 e. The van der Waals surface area contributed by atoms with E-state index in [9.17, 15) is 4.39 Å². The molecule has 5 aromatic rings. The van der Waals surface area contributed by atoms with Gasteiger partial charge in [0.1, 0.15) is 11.6 Å². The molecule has 0 aliphatic carbocycles. The van der Waals surface area contributed by atoms with E-state index in [2.05, 4.69) is 30.9 Å². The maximum absolute atomic E-state index is 13.5. The lowest BCUT2D eigenvalue weighted by molar-refractivity contribution is 0.111. The Morgan fingerprint density at radius 1 is 0.973 bits per heavy atom. The van der Waals surface area contributed by atoms with Gasteiger partial charge in [-0.3, -0.25) is 0 Å². The minimum absolute atomic E-state index is 0.0769. The summed E-state index contributed by atoms with van der Waals surface area (Å²) in [6.07, 6.45) is 0. The zero-order chi connectivity index (χ0) is 25.6. The molecular formula is C25H20FN7O4. The van der Waals surface area contributed by atoms with Crippen molar-refractivity contribution in [1.29, 1.82) is 0 Å². The number of nitrogens with zero attached hydrogens (tertiary/aromatic N) is 7. The fourth-order valence-corrected chi connectivity index (χ4v) is 3.37. The predicted molar refractivity (Wildman–Crippen MR) is 128 cm³/mol. The van der Waals surface area contributed by atoms with E-state index in [0.717, 1.165) is 5.56 Å². The molecule has 2 aromatic heterocycles. The number of halogens is 1. The Morgan fingerprint density at radius 3 is 2.59 bits per heavy atom. The first-order valence-corrected chi connectivity index (χ1v) is 11.0. The van der Waals surface area contributed by atoms with Crippen LogP contribution in [0.15, 0.2) is 82.4 Å². The summed E-state index contributed by atoms with van der Waals surface area (Å²) in [7, 11) is 3.21. The highest BCUT2D eigenvalue weighted by Gasteiger charge is 2.16. The summed E-state index contributed by atoms with van der Waals surface area (Å²) in [5.74, 6) is 1.65. The van der Waals surface area contributed by atoms with Crippen LogP contribution >= 0.6 is 0 Å². The number of aryl methyl sites for hydroxylation is 1. The highest BCUT2D eigenvalue weighted by atomic mass is 19.1. The van der Waals surface area contributed by atoms with E-state index in [1.165, 1.54) is 23.9 Å². The van der Waals surface area contributed by atoms with Gasteiger partial charge in [0, 0.05) is 24.2 Å². The molecule has 0 unspecified atom stereocenters. The number of hydrogen-bond donors (Lipinski definition) is 0. The molecule has 2 heterocycles. The third-order valence-electron chi connectivity index (χ3n) is 5.12. The van der Waals surface area contributed by atoms with Crippen LogP contribution in [0.3, 0.4) is 0 Å². The molecule has 0 bridgehead atoms. The summed E-state index contributed by atoms with van der Waals surface area (Å²) in [5, 5.41) is 23.9. The number of tetrazole rings is 1. The lowest BCUT2D eigenvalue weighted by atomic mass is 10.1. The van der Waals surface area contributed by atoms with Crippen molar-refractivity contribution in [2.24, 2.45) is 12.2 Å². The molecule has 37 heavy (non-hydrogen) atoms. The van der Waals surface area contributed by atoms with Gasteiger partial charge in [0.25, 0.3) is 5.89 Å². The Kier molecular flexibility index (Phi) is 6.79. The van der Waals surface area contributed by atoms with Crippen molar-refractivity contribution in [3.63, 3.8) is 0 Å². The summed E-state index contributed by atoms with van der Waals surface area (Å²) in [4.78, 5) is 5.51. The van der Waals surface area contributed by atoms with Crippen LogP contribution in [0.2, 0.25) is 0 Å². The standard InChI is InChI=1S/C25H20FN7O4/c1-33-24(28-31-32-33)23(16-7-4-3-5-8-16)30-35-15-22-27-29-25(37-22)17-11-12-20(21(13-17)34-2)36-19-10-6-9-18(26)14-19/h3-14H,15H2,1-2H3/b30-23-. The second-order valence-corrected chi connectivity index (χ2v) is 7.63. The zero-order valence-electron chi connectivity index (χ0n) is 19.8. The third-order valence-corrected chi connectivity index (χ3v) is 5.12. The van der Waals surface area contributed by atoms with Gasteiger partial charge >= 0.3 is 0 Å². The smallest absolute Gasteiger partial charge is 0.257 e. The van der Waals surface area contributed by atoms with Crippen molar-refractivity contribution in [1.82, 2.24) is 30.4 Å². The van der Waals surface area contributed by atoms with Crippen molar-refractivity contribution in [3.05, 3.63) is 95.9 Å². The third kappa shape index (κ3) is 5.42. The maximum atomic E-state index is 13.5. The fraction of sp³-hybridized carbons (Fsp3) is 0.120. The van der Waals surface area contributed by atoms with E-state index in [4.69, 9.17) is 18.7 Å². The number of aromatic nitrogens is 6. The van der Waals surface area contributed by atoms with Gasteiger partial charge < -0.3 is 18.7 Å². The zero-order valence-corrected chi connectivity index (χ0v) is 19.8. The molecule has 0 saturated carbocycles. The van der Waals surface area contributed by atoms with Crippen LogP contribution in [0, 0.1) is 5.82 Å². The highest BCUT2D eigenvalue weighted by molar-refractivity contribution is 6.10. The van der Waals surface area contributed by atoms with Crippen molar-refractivity contribution >= 4 is 5.71 Å². The number of benzene rings is 3. The van der Waals surface area contributed by atoms with Gasteiger partial charge in [-0.1, -0.05) is 41.6 Å². The fourth-order valence-electron chi connectivity index (χ4n) is 3.37. The molecule has 0 amide bonds. The van der Waals surface area contributed by atoms with E-state index in [1.54, 1.807) is 37.4 Å². The average Bonchev–Trinajstić information content (AvgIpc) is 3.56. The molecule has 11 nitrogen and oxygen atoms in total. The summed E-state index contributed by atoms with van der Waals surface area (Å²) < 4.78 is 31.9. The monoisotopic (exact) mass is 501 g/mol. The van der Waals surface area contributed by atoms with Gasteiger partial charge in [0.05, 0.1) is 7.11 Å². The Balaban J connectivity index is 1.31. The van der Waals surface area contributed by atoms with Gasteiger partial charge in [-0.05, 0) is 40.8 Å². The summed E-state index contributed by atoms with van der Waals surface area (Å²) in [5.41, 5.74) is 1.83. The van der Waals surface area contributed by atoms with Gasteiger partial charge in [0.2, 0.25) is 11.7 Å². The largest absolute Gasteiger partial charge is 0.493 e. The molecule has 0 saturated heterocycles. The summed E-state index contributed by atoms with van der Waals surface area (Å²) in [6, 6.07) is 20.3. The molecule has 0 N–H and O–H groups in total. The molecule has 0 atom stereocenters. The predicted octanol–water partition coefficient (Wildman–Crippen LogP) is 4.17. The number of hydrogen-bond acceptors (Lipinski definition) is 10. The molecule has 0 aliphatic rings. The van der Waals surface area contributed by atoms with E-state index in [1.807, 2.05) is 30.3 Å². The molecule has 0 aliphatic heterocycles. The quantitative estimate of drug-likeness (QED) is 0.216. The Morgan fingerprint density at radius 2 is 1.84 bits per heavy atom. The lowest BCUT2D eigenvalue weighted by Crippen LogP contribution is -2.12. The van der Waals surface area contributed by atoms with Crippen LogP contribution < -0.4 is 9.47 Å². The Hall–Kier alpha value is -5.13. The lowest BCUT2D eigenvalue weighted by Gasteiger charge is -2.11. The molecule has 12 heteroatoms. The van der Waals surface area contributed by atoms with Crippen LogP contribution in [0.1, 0.15) is 17.3 Å². The van der Waals surface area contributed by atoms with Crippen LogP contribution in [0.25, 0.3) is 11.5 Å². The number of oxime groups is 1. The average molecular weight is 501 g/mol. The Labute approximate surface area is 210 Å². The number of ether oxygens (including phenoxy) is 2. The first-order valence-electron chi connectivity index (χ1n) is 11.0. The first kappa shape index (κ1) is 23.6. The second kappa shape index (κ2) is 10.6. The van der Waals surface area contributed by atoms with E-state index >= 15 is 0 Å². The Bertz CT molecular complexity index is 1540. The second-order valence-electron chi connectivity index (χ2n) is 7.63. The molecule has 5 rings (SSSR count). The molecule has 186 valence electrons. The highest BCUT2D eigenvalue weighted by Crippen LogP contribution is 2.35. The van der Waals surface area contributed by atoms with Crippen molar-refractivity contribution in [3.8, 4) is 28.7 Å². The van der Waals surface area contributed by atoms with Crippen LogP contribution in [-0.2, 0) is 18.5 Å². The summed E-state index contributed by atoms with van der Waals surface area (Å²) >= 11 is 0. The van der Waals surface area contributed by atoms with Crippen molar-refractivity contribution in [2.75, 3.05) is 7.11 Å². The first-order chi connectivity index (χ1) is 18.1. The van der Waals surface area contributed by atoms with Crippen molar-refractivity contribution in [2.45, 2.75) is 6.61 Å². The van der Waals surface area contributed by atoms with Crippen molar-refractivity contribution < 1.29 is 23.1 Å². The minimum Gasteiger partial charge on any atom is -0.493 e. The molecule has 0 radical (unpaired) electrons. The van der Waals surface area contributed by atoms with Gasteiger partial charge in [0.15, 0.2) is 23.8 Å². The topological polar surface area (TPSA) is 123 Å². The van der Waals surface area contributed by atoms with E-state index in [-0.39, 0.29) is 18.4 Å². The SMILES string of the molecule is COc1cc(-c2nnc(CO/N=C(/c3ccccc3)c3nnnn3C)o2)ccc1Oc1cccc(F)c1. The van der Waals surface area contributed by atoms with Crippen LogP contribution in [-0.4, -0.2) is 43.2 Å². The van der Waals surface area contributed by atoms with Gasteiger partial charge in [-0.15, -0.1) is 15.3 Å². The van der Waals surface area contributed by atoms with Gasteiger partial charge in [-0.2, -0.15) is 0 Å². The molecule has 0 fully saturated rings. The van der Waals surface area contributed by atoms with Crippen LogP contribution in [0.5, 0.6) is 17.2 Å². The molecule has 0 spiro atoms. The summed E-state index contributed by atoms with van der Waals surface area (Å²) in [6.45, 7) is -0.0769. The number of rotatable bonds is 9. The minimum atomic E-state index is -0.401. The van der Waals surface area contributed by atoms with Crippen LogP contribution in [0.4, 0.5) is 4.39 Å². The van der Waals surface area contributed by atoms with E-state index in [0.29, 0.717) is 34.3 Å². The van der Waals surface area contributed by atoms with E-state index < -0.39 is 5.82 Å². The molecular weight excluding hydrogens is 481 g/mol. The number of methoxy groups -OCH3 is 1. The normalized spacial score (nSPS) is 11.4.